The minimum Gasteiger partial charge on any atom is -0.395 e. The molecule has 0 bridgehead atoms. The lowest BCUT2D eigenvalue weighted by atomic mass is 10.1. The lowest BCUT2D eigenvalue weighted by Crippen LogP contribution is -2.44. The lowest BCUT2D eigenvalue weighted by molar-refractivity contribution is -0.120. The van der Waals surface area contributed by atoms with Crippen molar-refractivity contribution in [2.75, 3.05) is 13.2 Å². The number of nitrogens with two attached hydrogens (primary N) is 1. The molecule has 37 heavy (non-hydrogen) atoms. The number of carbonyl (C=O) groups is 1. The molecule has 0 aromatic heterocycles. The van der Waals surface area contributed by atoms with Crippen LogP contribution in [0.2, 0.25) is 0 Å². The summed E-state index contributed by atoms with van der Waals surface area (Å²) in [5.41, 5.74) is 5.47. The van der Waals surface area contributed by atoms with Gasteiger partial charge in [0.25, 0.3) is 0 Å². The monoisotopic (exact) mass is 528 g/mol. The lowest BCUT2D eigenvalue weighted by Gasteiger charge is -2.18. The Morgan fingerprint density at radius 1 is 0.703 bits per heavy atom. The van der Waals surface area contributed by atoms with Gasteiger partial charge in [0.05, 0.1) is 37.5 Å². The van der Waals surface area contributed by atoms with Crippen LogP contribution in [0.5, 0.6) is 0 Å². The number of hydrogen-bond acceptors (Lipinski definition) is 6. The van der Waals surface area contributed by atoms with Crippen LogP contribution in [0.3, 0.4) is 0 Å². The molecule has 0 fully saturated rings. The number of hydrogen-bond donors (Lipinski definition) is 6. The minimum atomic E-state index is -0.826. The Bertz CT molecular complexity index is 542. The van der Waals surface area contributed by atoms with Crippen LogP contribution in [0.15, 0.2) is 24.3 Å². The van der Waals surface area contributed by atoms with Crippen LogP contribution in [0, 0.1) is 0 Å². The highest BCUT2D eigenvalue weighted by Gasteiger charge is 2.16. The predicted molar refractivity (Wildman–Crippen MR) is 155 cm³/mol. The van der Waals surface area contributed by atoms with Crippen molar-refractivity contribution in [2.45, 2.75) is 148 Å². The van der Waals surface area contributed by atoms with Crippen molar-refractivity contribution in [3.63, 3.8) is 0 Å². The number of allylic oxidation sites excluding steroid dienone is 2. The van der Waals surface area contributed by atoms with Crippen molar-refractivity contribution in [3.8, 4) is 0 Å². The summed E-state index contributed by atoms with van der Waals surface area (Å²) in [4.78, 5) is 10.9. The molecule has 0 aliphatic heterocycles. The zero-order valence-corrected chi connectivity index (χ0v) is 24.1. The Hall–Kier alpha value is -1.25. The fraction of sp³-hybridized carbons (Fsp3) is 0.833. The standard InChI is InChI=1S/C16H31NO3.C14H29NO2/c1-3-4-5-6-7-8-9-10-11-12-16(20)15(13-18)17-14(2)19;1-2-3-4-5-6-7-8-9-10-11-14(17)13(15)12-16/h11-12,15-16,18,20H,3-10,13H2,1-2H3,(H,17,19);10-11,13-14,16-17H,2-9,12,15H2,1H3/b12-11+;11-10+. The Morgan fingerprint density at radius 2 is 1.11 bits per heavy atom. The molecule has 0 spiro atoms. The van der Waals surface area contributed by atoms with Gasteiger partial charge >= 0.3 is 0 Å². The largest absolute Gasteiger partial charge is 0.395 e. The average Bonchev–Trinajstić information content (AvgIpc) is 2.89. The molecule has 4 atom stereocenters. The Kier molecular flexibility index (Phi) is 30.0. The number of carbonyl (C=O) groups excluding carboxylic acids is 1. The number of amides is 1. The van der Waals surface area contributed by atoms with Gasteiger partial charge in [0.15, 0.2) is 0 Å². The topological polar surface area (TPSA) is 136 Å². The smallest absolute Gasteiger partial charge is 0.217 e. The van der Waals surface area contributed by atoms with Gasteiger partial charge in [-0.05, 0) is 25.7 Å². The molecule has 4 unspecified atom stereocenters. The van der Waals surface area contributed by atoms with Gasteiger partial charge in [-0.3, -0.25) is 4.79 Å². The SMILES string of the molecule is CCCCCCCCC/C=C/C(O)C(CO)NC(C)=O.CCCCCCCCC/C=C/C(O)C(N)CO. The van der Waals surface area contributed by atoms with Crippen LogP contribution in [0.1, 0.15) is 124 Å². The summed E-state index contributed by atoms with van der Waals surface area (Å²) in [5, 5.41) is 39.6. The average molecular weight is 529 g/mol. The molecular weight excluding hydrogens is 468 g/mol. The third-order valence-electron chi connectivity index (χ3n) is 6.26. The Balaban J connectivity index is 0. The van der Waals surface area contributed by atoms with Gasteiger partial charge in [0, 0.05) is 6.92 Å². The number of unbranched alkanes of at least 4 members (excludes halogenated alkanes) is 14. The molecule has 7 heteroatoms. The highest BCUT2D eigenvalue weighted by molar-refractivity contribution is 5.73. The van der Waals surface area contributed by atoms with E-state index in [1.807, 2.05) is 12.2 Å². The van der Waals surface area contributed by atoms with E-state index in [2.05, 4.69) is 19.2 Å². The van der Waals surface area contributed by atoms with E-state index in [0.29, 0.717) is 0 Å². The van der Waals surface area contributed by atoms with Crippen molar-refractivity contribution in [2.24, 2.45) is 5.73 Å². The highest BCUT2D eigenvalue weighted by atomic mass is 16.3. The first-order chi connectivity index (χ1) is 17.8. The van der Waals surface area contributed by atoms with E-state index in [9.17, 15) is 15.0 Å². The third kappa shape index (κ3) is 27.6. The highest BCUT2D eigenvalue weighted by Crippen LogP contribution is 2.10. The zero-order valence-electron chi connectivity index (χ0n) is 24.1. The first-order valence-corrected chi connectivity index (χ1v) is 14.8. The van der Waals surface area contributed by atoms with Gasteiger partial charge < -0.3 is 31.5 Å². The molecule has 0 aliphatic carbocycles. The first-order valence-electron chi connectivity index (χ1n) is 14.8. The quantitative estimate of drug-likeness (QED) is 0.0824. The number of rotatable bonds is 23. The van der Waals surface area contributed by atoms with Crippen LogP contribution in [-0.2, 0) is 4.79 Å². The summed E-state index contributed by atoms with van der Waals surface area (Å²) >= 11 is 0. The first kappa shape index (κ1) is 37.9. The van der Waals surface area contributed by atoms with E-state index < -0.39 is 24.3 Å². The maximum absolute atomic E-state index is 10.9. The molecule has 0 aliphatic rings. The summed E-state index contributed by atoms with van der Waals surface area (Å²) in [7, 11) is 0. The molecule has 220 valence electrons. The summed E-state index contributed by atoms with van der Waals surface area (Å²) in [5.74, 6) is -0.247. The molecule has 0 heterocycles. The normalized spacial score (nSPS) is 14.8. The van der Waals surface area contributed by atoms with E-state index in [1.165, 1.54) is 90.4 Å². The number of aliphatic hydroxyl groups excluding tert-OH is 4. The Labute approximate surface area is 227 Å². The molecule has 0 saturated carbocycles. The van der Waals surface area contributed by atoms with E-state index in [1.54, 1.807) is 12.2 Å². The maximum atomic E-state index is 10.9. The molecule has 7 N–H and O–H groups in total. The summed E-state index contributed by atoms with van der Waals surface area (Å²) in [6, 6.07) is -1.17. The third-order valence-corrected chi connectivity index (χ3v) is 6.26. The van der Waals surface area contributed by atoms with Gasteiger partial charge in [0.1, 0.15) is 0 Å². The minimum absolute atomic E-state index is 0.178. The zero-order chi connectivity index (χ0) is 28.2. The van der Waals surface area contributed by atoms with E-state index in [-0.39, 0.29) is 19.1 Å². The molecule has 0 radical (unpaired) electrons. The second-order valence-corrected chi connectivity index (χ2v) is 9.99. The maximum Gasteiger partial charge on any atom is 0.217 e. The van der Waals surface area contributed by atoms with Gasteiger partial charge in [-0.25, -0.2) is 0 Å². The van der Waals surface area contributed by atoms with Gasteiger partial charge in [-0.2, -0.15) is 0 Å². The molecule has 0 saturated heterocycles. The van der Waals surface area contributed by atoms with Crippen LogP contribution in [0.4, 0.5) is 0 Å². The molecule has 1 amide bonds. The Morgan fingerprint density at radius 3 is 1.49 bits per heavy atom. The van der Waals surface area contributed by atoms with E-state index in [4.69, 9.17) is 15.9 Å². The second kappa shape index (κ2) is 29.3. The fourth-order valence-corrected chi connectivity index (χ4v) is 3.79. The van der Waals surface area contributed by atoms with Crippen LogP contribution >= 0.6 is 0 Å². The summed E-state index contributed by atoms with van der Waals surface area (Å²) in [6.07, 6.45) is 25.6. The van der Waals surface area contributed by atoms with Crippen molar-refractivity contribution in [3.05, 3.63) is 24.3 Å². The van der Waals surface area contributed by atoms with Crippen LogP contribution < -0.4 is 11.1 Å². The number of nitrogens with one attached hydrogen (secondary N) is 1. The van der Waals surface area contributed by atoms with Crippen LogP contribution in [0.25, 0.3) is 0 Å². The second-order valence-electron chi connectivity index (χ2n) is 9.99. The van der Waals surface area contributed by atoms with Crippen molar-refractivity contribution in [1.29, 1.82) is 0 Å². The van der Waals surface area contributed by atoms with Gasteiger partial charge in [-0.15, -0.1) is 0 Å². The van der Waals surface area contributed by atoms with Gasteiger partial charge in [0.2, 0.25) is 5.91 Å². The molecule has 0 rings (SSSR count). The van der Waals surface area contributed by atoms with Crippen molar-refractivity contribution in [1.82, 2.24) is 5.32 Å². The molecule has 7 nitrogen and oxygen atoms in total. The van der Waals surface area contributed by atoms with Crippen molar-refractivity contribution >= 4 is 5.91 Å². The summed E-state index contributed by atoms with van der Waals surface area (Å²) < 4.78 is 0. The number of aliphatic hydroxyl groups is 4. The van der Waals surface area contributed by atoms with E-state index in [0.717, 1.165) is 19.3 Å². The molecule has 0 aromatic carbocycles. The van der Waals surface area contributed by atoms with E-state index >= 15 is 0 Å². The summed E-state index contributed by atoms with van der Waals surface area (Å²) in [6.45, 7) is 5.38. The van der Waals surface area contributed by atoms with Gasteiger partial charge in [-0.1, -0.05) is 115 Å². The fourth-order valence-electron chi connectivity index (χ4n) is 3.79. The molecular formula is C30H60N2O5. The predicted octanol–water partition coefficient (Wildman–Crippen LogP) is 4.91. The van der Waals surface area contributed by atoms with Crippen LogP contribution in [-0.4, -0.2) is 63.8 Å². The van der Waals surface area contributed by atoms with Crippen molar-refractivity contribution < 1.29 is 25.2 Å². The molecule has 0 aromatic rings.